The molecular weight excluding hydrogens is 372 g/mol. The molecule has 0 aliphatic heterocycles. The Morgan fingerprint density at radius 3 is 2.42 bits per heavy atom. The second kappa shape index (κ2) is 4.94. The summed E-state index contributed by atoms with van der Waals surface area (Å²) in [6.45, 7) is 0. The molecule has 0 amide bonds. The van der Waals surface area contributed by atoms with Crippen LogP contribution in [0.15, 0.2) is 62.1 Å². The van der Waals surface area contributed by atoms with Crippen molar-refractivity contribution >= 4 is 48.4 Å². The summed E-state index contributed by atoms with van der Waals surface area (Å²) in [4.78, 5) is 12.3. The lowest BCUT2D eigenvalue weighted by molar-refractivity contribution is 0.101. The highest BCUT2D eigenvalue weighted by Gasteiger charge is 2.16. The van der Waals surface area contributed by atoms with Gasteiger partial charge in [-0.2, -0.15) is 0 Å². The summed E-state index contributed by atoms with van der Waals surface area (Å²) in [6.07, 6.45) is 1.50. The Hall–Kier alpha value is -1.39. The van der Waals surface area contributed by atoms with E-state index in [-0.39, 0.29) is 5.78 Å². The van der Waals surface area contributed by atoms with Gasteiger partial charge in [0, 0.05) is 10.0 Å². The van der Waals surface area contributed by atoms with Gasteiger partial charge in [-0.15, -0.1) is 0 Å². The zero-order chi connectivity index (χ0) is 13.4. The summed E-state index contributed by atoms with van der Waals surface area (Å²) in [5.41, 5.74) is 0.616. The number of furan rings is 1. The van der Waals surface area contributed by atoms with Crippen molar-refractivity contribution in [2.75, 3.05) is 0 Å². The van der Waals surface area contributed by atoms with E-state index < -0.39 is 0 Å². The summed E-state index contributed by atoms with van der Waals surface area (Å²) < 4.78 is 6.90. The summed E-state index contributed by atoms with van der Waals surface area (Å²) in [7, 11) is 0. The third kappa shape index (κ3) is 2.38. The first kappa shape index (κ1) is 12.6. The molecular formula is C15H8Br2O2. The van der Waals surface area contributed by atoms with Gasteiger partial charge >= 0.3 is 0 Å². The first-order valence-electron chi connectivity index (χ1n) is 5.62. The first-order chi connectivity index (χ1) is 9.15. The molecule has 94 valence electrons. The third-order valence-corrected chi connectivity index (χ3v) is 4.01. The van der Waals surface area contributed by atoms with E-state index >= 15 is 0 Å². The van der Waals surface area contributed by atoms with Crippen LogP contribution in [0.3, 0.4) is 0 Å². The molecule has 3 rings (SSSR count). The number of hydrogen-bond donors (Lipinski definition) is 0. The average molecular weight is 380 g/mol. The van der Waals surface area contributed by atoms with Gasteiger partial charge < -0.3 is 4.42 Å². The molecule has 0 N–H and O–H groups in total. The van der Waals surface area contributed by atoms with Crippen LogP contribution >= 0.6 is 31.9 Å². The van der Waals surface area contributed by atoms with Crippen LogP contribution in [0.1, 0.15) is 16.1 Å². The van der Waals surface area contributed by atoms with Crippen molar-refractivity contribution in [3.63, 3.8) is 0 Å². The standard InChI is InChI=1S/C15H8Br2O2/c16-12-4-3-9-7-11(2-1-10(9)8-12)14(18)15-13(17)5-6-19-15/h1-8H. The van der Waals surface area contributed by atoms with Crippen molar-refractivity contribution in [3.8, 4) is 0 Å². The van der Waals surface area contributed by atoms with Gasteiger partial charge in [-0.25, -0.2) is 0 Å². The molecule has 1 aromatic heterocycles. The quantitative estimate of drug-likeness (QED) is 0.573. The minimum atomic E-state index is -0.123. The summed E-state index contributed by atoms with van der Waals surface area (Å²) >= 11 is 6.74. The minimum Gasteiger partial charge on any atom is -0.460 e. The van der Waals surface area contributed by atoms with Gasteiger partial charge in [-0.3, -0.25) is 4.79 Å². The van der Waals surface area contributed by atoms with Crippen LogP contribution in [0.2, 0.25) is 0 Å². The van der Waals surface area contributed by atoms with Gasteiger partial charge in [0.15, 0.2) is 5.76 Å². The molecule has 0 fully saturated rings. The monoisotopic (exact) mass is 378 g/mol. The maximum atomic E-state index is 12.3. The molecule has 2 nitrogen and oxygen atoms in total. The van der Waals surface area contributed by atoms with Gasteiger partial charge in [-0.05, 0) is 51.0 Å². The summed E-state index contributed by atoms with van der Waals surface area (Å²) in [6, 6.07) is 13.3. The molecule has 4 heteroatoms. The lowest BCUT2D eigenvalue weighted by Gasteiger charge is -2.02. The lowest BCUT2D eigenvalue weighted by Crippen LogP contribution is -2.00. The number of halogens is 2. The molecule has 0 aliphatic carbocycles. The largest absolute Gasteiger partial charge is 0.460 e. The topological polar surface area (TPSA) is 30.2 Å². The molecule has 3 aromatic rings. The van der Waals surface area contributed by atoms with E-state index in [9.17, 15) is 4.79 Å². The van der Waals surface area contributed by atoms with Gasteiger partial charge in [0.2, 0.25) is 5.78 Å². The Labute approximate surface area is 126 Å². The molecule has 0 unspecified atom stereocenters. The number of benzene rings is 2. The predicted molar refractivity (Wildman–Crippen MR) is 81.5 cm³/mol. The van der Waals surface area contributed by atoms with E-state index in [1.807, 2.05) is 36.4 Å². The van der Waals surface area contributed by atoms with E-state index in [1.54, 1.807) is 6.07 Å². The van der Waals surface area contributed by atoms with Crippen molar-refractivity contribution in [1.82, 2.24) is 0 Å². The maximum Gasteiger partial charge on any atom is 0.229 e. The van der Waals surface area contributed by atoms with Crippen LogP contribution in [0, 0.1) is 0 Å². The molecule has 2 aromatic carbocycles. The van der Waals surface area contributed by atoms with Crippen molar-refractivity contribution in [1.29, 1.82) is 0 Å². The molecule has 0 radical (unpaired) electrons. The molecule has 0 saturated carbocycles. The minimum absolute atomic E-state index is 0.123. The second-order valence-electron chi connectivity index (χ2n) is 4.13. The van der Waals surface area contributed by atoms with Crippen LogP contribution in [-0.4, -0.2) is 5.78 Å². The number of ketones is 1. The highest BCUT2D eigenvalue weighted by Crippen LogP contribution is 2.25. The first-order valence-corrected chi connectivity index (χ1v) is 7.21. The fourth-order valence-corrected chi connectivity index (χ4v) is 2.70. The second-order valence-corrected chi connectivity index (χ2v) is 5.90. The normalized spacial score (nSPS) is 10.8. The van der Waals surface area contributed by atoms with Gasteiger partial charge in [-0.1, -0.05) is 34.1 Å². The smallest absolute Gasteiger partial charge is 0.229 e. The van der Waals surface area contributed by atoms with Crippen molar-refractivity contribution in [3.05, 3.63) is 69.0 Å². The molecule has 0 spiro atoms. The zero-order valence-corrected chi connectivity index (χ0v) is 12.9. The van der Waals surface area contributed by atoms with Crippen LogP contribution in [-0.2, 0) is 0 Å². The number of carbonyl (C=O) groups excluding carboxylic acids is 1. The fraction of sp³-hybridized carbons (Fsp3) is 0. The van der Waals surface area contributed by atoms with Crippen LogP contribution in [0.5, 0.6) is 0 Å². The highest BCUT2D eigenvalue weighted by atomic mass is 79.9. The molecule has 0 bridgehead atoms. The maximum absolute atomic E-state index is 12.3. The lowest BCUT2D eigenvalue weighted by atomic mass is 10.0. The fourth-order valence-electron chi connectivity index (χ4n) is 1.94. The Kier molecular flexibility index (Phi) is 3.29. The Bertz CT molecular complexity index is 775. The average Bonchev–Trinajstić information content (AvgIpc) is 2.83. The van der Waals surface area contributed by atoms with Crippen molar-refractivity contribution < 1.29 is 9.21 Å². The van der Waals surface area contributed by atoms with E-state index in [1.165, 1.54) is 6.26 Å². The Balaban J connectivity index is 2.09. The highest BCUT2D eigenvalue weighted by molar-refractivity contribution is 9.10. The van der Waals surface area contributed by atoms with Crippen LogP contribution < -0.4 is 0 Å². The number of hydrogen-bond acceptors (Lipinski definition) is 2. The van der Waals surface area contributed by atoms with E-state index in [0.29, 0.717) is 15.8 Å². The summed E-state index contributed by atoms with van der Waals surface area (Å²) in [5, 5.41) is 2.11. The molecule has 0 saturated heterocycles. The van der Waals surface area contributed by atoms with Crippen molar-refractivity contribution in [2.24, 2.45) is 0 Å². The summed E-state index contributed by atoms with van der Waals surface area (Å²) in [5.74, 6) is 0.207. The van der Waals surface area contributed by atoms with E-state index in [0.717, 1.165) is 15.2 Å². The molecule has 0 aliphatic rings. The molecule has 0 atom stereocenters. The number of carbonyl (C=O) groups is 1. The van der Waals surface area contributed by atoms with Gasteiger partial charge in [0.25, 0.3) is 0 Å². The number of fused-ring (bicyclic) bond motifs is 1. The van der Waals surface area contributed by atoms with Crippen molar-refractivity contribution in [2.45, 2.75) is 0 Å². The van der Waals surface area contributed by atoms with Gasteiger partial charge in [0.1, 0.15) is 0 Å². The number of rotatable bonds is 2. The van der Waals surface area contributed by atoms with Gasteiger partial charge in [0.05, 0.1) is 10.7 Å². The molecule has 1 heterocycles. The zero-order valence-electron chi connectivity index (χ0n) is 9.69. The van der Waals surface area contributed by atoms with Crippen LogP contribution in [0.4, 0.5) is 0 Å². The third-order valence-electron chi connectivity index (χ3n) is 2.89. The Morgan fingerprint density at radius 1 is 0.947 bits per heavy atom. The van der Waals surface area contributed by atoms with E-state index in [2.05, 4.69) is 31.9 Å². The SMILES string of the molecule is O=C(c1ccc2cc(Br)ccc2c1)c1occc1Br. The molecule has 19 heavy (non-hydrogen) atoms. The Morgan fingerprint density at radius 2 is 1.68 bits per heavy atom. The van der Waals surface area contributed by atoms with Crippen LogP contribution in [0.25, 0.3) is 10.8 Å². The predicted octanol–water partition coefficient (Wildman–Crippen LogP) is 5.19. The van der Waals surface area contributed by atoms with E-state index in [4.69, 9.17) is 4.42 Å².